The molecule has 0 amide bonds. The van der Waals surface area contributed by atoms with E-state index in [0.29, 0.717) is 6.61 Å². The van der Waals surface area contributed by atoms with Crippen LogP contribution in [0.25, 0.3) is 0 Å². The van der Waals surface area contributed by atoms with E-state index in [0.717, 1.165) is 4.43 Å². The first kappa shape index (κ1) is 7.80. The fraction of sp³-hybridized carbons (Fsp3) is 1.00. The third-order valence-electron chi connectivity index (χ3n) is 0.261. The van der Waals surface area contributed by atoms with Crippen LogP contribution in [0.1, 0.15) is 0 Å². The van der Waals surface area contributed by atoms with Gasteiger partial charge in [-0.2, -0.15) is 4.21 Å². The Bertz CT molecular complexity index is 66.0. The van der Waals surface area contributed by atoms with Gasteiger partial charge < -0.3 is 0 Å². The highest BCUT2D eigenvalue weighted by molar-refractivity contribution is 14.1. The van der Waals surface area contributed by atoms with Gasteiger partial charge in [0.2, 0.25) is 0 Å². The molecule has 0 aliphatic heterocycles. The lowest BCUT2D eigenvalue weighted by Gasteiger charge is -1.88. The van der Waals surface area contributed by atoms with E-state index >= 15 is 0 Å². The van der Waals surface area contributed by atoms with Gasteiger partial charge in [-0.05, 0) is 0 Å². The zero-order chi connectivity index (χ0) is 5.70. The molecule has 0 aromatic rings. The summed E-state index contributed by atoms with van der Waals surface area (Å²) < 4.78 is 22.5. The molecule has 0 aliphatic rings. The number of rotatable bonds is 3. The summed E-state index contributed by atoms with van der Waals surface area (Å²) in [5.41, 5.74) is 0. The van der Waals surface area contributed by atoms with Crippen LogP contribution in [-0.2, 0) is 15.5 Å². The minimum atomic E-state index is -2.07. The molecule has 0 radical (unpaired) electrons. The lowest BCUT2D eigenvalue weighted by atomic mass is 10.9. The molecular weight excluding hydrogens is 231 g/mol. The molecule has 0 bridgehead atoms. The van der Waals surface area contributed by atoms with Crippen LogP contribution in [0.3, 0.4) is 0 Å². The van der Waals surface area contributed by atoms with Crippen molar-refractivity contribution in [1.82, 2.24) is 0 Å². The second kappa shape index (κ2) is 4.95. The third kappa shape index (κ3) is 6.80. The smallest absolute Gasteiger partial charge is 0.284 e. The molecule has 0 aliphatic carbocycles. The zero-order valence-electron chi connectivity index (χ0n) is 3.46. The minimum Gasteiger partial charge on any atom is -0.284 e. The van der Waals surface area contributed by atoms with Crippen molar-refractivity contribution in [1.29, 1.82) is 0 Å². The molecule has 0 fully saturated rings. The van der Waals surface area contributed by atoms with Crippen LogP contribution in [-0.4, -0.2) is 19.8 Å². The van der Waals surface area contributed by atoms with Crippen molar-refractivity contribution in [3.05, 3.63) is 0 Å². The summed E-state index contributed by atoms with van der Waals surface area (Å²) >= 11 is -0.0200. The molecule has 0 rings (SSSR count). The first-order valence-electron chi connectivity index (χ1n) is 1.57. The summed E-state index contributed by atoms with van der Waals surface area (Å²) in [4.78, 5) is 0. The van der Waals surface area contributed by atoms with Gasteiger partial charge in [-0.15, -0.1) is 0 Å². The third-order valence-corrected chi connectivity index (χ3v) is 1.07. The SMILES string of the molecule is O=S(O)OCCI. The van der Waals surface area contributed by atoms with Crippen LogP contribution in [0.4, 0.5) is 0 Å². The molecule has 0 aromatic heterocycles. The Labute approximate surface area is 58.1 Å². The predicted octanol–water partition coefficient (Wildman–Crippen LogP) is 0.575. The van der Waals surface area contributed by atoms with Gasteiger partial charge in [0.25, 0.3) is 0 Å². The average molecular weight is 236 g/mol. The summed E-state index contributed by atoms with van der Waals surface area (Å²) in [5.74, 6) is 0. The average Bonchev–Trinajstić information content (AvgIpc) is 1.61. The molecule has 1 unspecified atom stereocenters. The molecule has 44 valence electrons. The molecule has 5 heteroatoms. The van der Waals surface area contributed by atoms with E-state index in [1.54, 1.807) is 0 Å². The largest absolute Gasteiger partial charge is 0.301 e. The van der Waals surface area contributed by atoms with E-state index < -0.39 is 11.4 Å². The Morgan fingerprint density at radius 2 is 2.43 bits per heavy atom. The highest BCUT2D eigenvalue weighted by Gasteiger charge is 1.87. The van der Waals surface area contributed by atoms with E-state index in [-0.39, 0.29) is 0 Å². The molecule has 0 aromatic carbocycles. The van der Waals surface area contributed by atoms with Crippen LogP contribution in [0.2, 0.25) is 0 Å². The summed E-state index contributed by atoms with van der Waals surface area (Å²) in [6.45, 7) is 0.337. The van der Waals surface area contributed by atoms with Crippen LogP contribution in [0, 0.1) is 0 Å². The van der Waals surface area contributed by atoms with Crippen LogP contribution < -0.4 is 0 Å². The minimum absolute atomic E-state index is 0.337. The normalized spacial score (nSPS) is 14.0. The number of hydrogen-bond acceptors (Lipinski definition) is 2. The second-order valence-corrected chi connectivity index (χ2v) is 2.48. The highest BCUT2D eigenvalue weighted by atomic mass is 127. The van der Waals surface area contributed by atoms with Crippen molar-refractivity contribution in [2.45, 2.75) is 0 Å². The van der Waals surface area contributed by atoms with Gasteiger partial charge in [0.05, 0.1) is 6.61 Å². The van der Waals surface area contributed by atoms with Crippen LogP contribution in [0.5, 0.6) is 0 Å². The Morgan fingerprint density at radius 3 is 2.57 bits per heavy atom. The van der Waals surface area contributed by atoms with Gasteiger partial charge >= 0.3 is 11.4 Å². The summed E-state index contributed by atoms with van der Waals surface area (Å²) in [7, 11) is 0. The van der Waals surface area contributed by atoms with Crippen molar-refractivity contribution in [3.63, 3.8) is 0 Å². The van der Waals surface area contributed by atoms with E-state index in [1.165, 1.54) is 0 Å². The summed E-state index contributed by atoms with van der Waals surface area (Å²) in [5, 5.41) is 0. The highest BCUT2D eigenvalue weighted by Crippen LogP contribution is 1.83. The van der Waals surface area contributed by atoms with Crippen molar-refractivity contribution in [2.75, 3.05) is 11.0 Å². The Balaban J connectivity index is 2.82. The van der Waals surface area contributed by atoms with Gasteiger partial charge in [0, 0.05) is 4.43 Å². The molecule has 7 heavy (non-hydrogen) atoms. The molecule has 1 atom stereocenters. The van der Waals surface area contributed by atoms with E-state index in [4.69, 9.17) is 4.55 Å². The number of halogens is 1. The first-order chi connectivity index (χ1) is 3.27. The van der Waals surface area contributed by atoms with E-state index in [9.17, 15) is 4.21 Å². The van der Waals surface area contributed by atoms with E-state index in [1.807, 2.05) is 0 Å². The maximum Gasteiger partial charge on any atom is 0.301 e. The Morgan fingerprint density at radius 1 is 1.86 bits per heavy atom. The molecule has 3 nitrogen and oxygen atoms in total. The quantitative estimate of drug-likeness (QED) is 0.442. The topological polar surface area (TPSA) is 46.5 Å². The van der Waals surface area contributed by atoms with Gasteiger partial charge in [-0.25, -0.2) is 0 Å². The van der Waals surface area contributed by atoms with E-state index in [2.05, 4.69) is 26.8 Å². The van der Waals surface area contributed by atoms with Crippen molar-refractivity contribution in [2.24, 2.45) is 0 Å². The molecular formula is C2H5IO3S. The second-order valence-electron chi connectivity index (χ2n) is 0.728. The van der Waals surface area contributed by atoms with Gasteiger partial charge in [0.1, 0.15) is 0 Å². The molecule has 0 spiro atoms. The lowest BCUT2D eigenvalue weighted by Crippen LogP contribution is -1.96. The van der Waals surface area contributed by atoms with Gasteiger partial charge in [0.15, 0.2) is 0 Å². The lowest BCUT2D eigenvalue weighted by molar-refractivity contribution is 0.330. The summed E-state index contributed by atoms with van der Waals surface area (Å²) in [6.07, 6.45) is 0. The standard InChI is InChI=1S/C2H5IO3S/c3-1-2-6-7(4)5/h1-2H2,(H,4,5). The maximum atomic E-state index is 9.64. The number of alkyl halides is 1. The van der Waals surface area contributed by atoms with Crippen LogP contribution >= 0.6 is 22.6 Å². The van der Waals surface area contributed by atoms with Crippen molar-refractivity contribution < 1.29 is 12.9 Å². The monoisotopic (exact) mass is 236 g/mol. The zero-order valence-corrected chi connectivity index (χ0v) is 6.44. The summed E-state index contributed by atoms with van der Waals surface area (Å²) in [6, 6.07) is 0. The molecule has 0 saturated heterocycles. The van der Waals surface area contributed by atoms with Gasteiger partial charge in [-0.3, -0.25) is 8.74 Å². The molecule has 0 saturated carbocycles. The van der Waals surface area contributed by atoms with Crippen molar-refractivity contribution in [3.8, 4) is 0 Å². The molecule has 0 heterocycles. The Kier molecular flexibility index (Phi) is 5.51. The van der Waals surface area contributed by atoms with Crippen LogP contribution in [0.15, 0.2) is 0 Å². The predicted molar refractivity (Wildman–Crippen MR) is 35.6 cm³/mol. The first-order valence-corrected chi connectivity index (χ1v) is 4.13. The van der Waals surface area contributed by atoms with Crippen molar-refractivity contribution >= 4 is 34.0 Å². The molecule has 1 N–H and O–H groups in total. The van der Waals surface area contributed by atoms with Gasteiger partial charge in [-0.1, -0.05) is 22.6 Å². The fourth-order valence-electron chi connectivity index (χ4n) is 0.103. The Hall–Kier alpha value is 0.800. The fourth-order valence-corrected chi connectivity index (χ4v) is 0.848. The maximum absolute atomic E-state index is 9.64. The number of hydrogen-bond donors (Lipinski definition) is 1.